The summed E-state index contributed by atoms with van der Waals surface area (Å²) in [5.74, 6) is 0. The van der Waals surface area contributed by atoms with Gasteiger partial charge in [-0.25, -0.2) is 4.79 Å². The third-order valence-electron chi connectivity index (χ3n) is 2.41. The molecule has 0 aliphatic rings. The maximum Gasteiger partial charge on any atom is 0.315 e. The van der Waals surface area contributed by atoms with Gasteiger partial charge in [-0.15, -0.1) is 11.3 Å². The molecule has 0 aromatic carbocycles. The first-order chi connectivity index (χ1) is 8.22. The molecule has 3 N–H and O–H groups in total. The van der Waals surface area contributed by atoms with Gasteiger partial charge in [-0.2, -0.15) is 0 Å². The Balaban J connectivity index is 2.08. The van der Waals surface area contributed by atoms with Crippen LogP contribution in [-0.2, 0) is 6.42 Å². The second-order valence-electron chi connectivity index (χ2n) is 4.00. The topological polar surface area (TPSA) is 61.4 Å². The standard InChI is InChI=1S/C12H20N2O2S/c1-10(4-2-8-15)14-12(16)13-7-6-11-5-3-9-17-11/h3,5,9-10,15H,2,4,6-8H2,1H3,(H2,13,14,16). The molecule has 2 amide bonds. The van der Waals surface area contributed by atoms with Crippen LogP contribution in [0.2, 0.25) is 0 Å². The average molecular weight is 256 g/mol. The van der Waals surface area contributed by atoms with Gasteiger partial charge in [0, 0.05) is 24.1 Å². The number of amides is 2. The van der Waals surface area contributed by atoms with Crippen LogP contribution in [0, 0.1) is 0 Å². The maximum atomic E-state index is 11.5. The molecule has 4 nitrogen and oxygen atoms in total. The molecule has 0 spiro atoms. The highest BCUT2D eigenvalue weighted by Crippen LogP contribution is 2.07. The molecule has 5 heteroatoms. The first-order valence-electron chi connectivity index (χ1n) is 5.90. The smallest absolute Gasteiger partial charge is 0.315 e. The van der Waals surface area contributed by atoms with E-state index < -0.39 is 0 Å². The van der Waals surface area contributed by atoms with Gasteiger partial charge in [-0.3, -0.25) is 0 Å². The van der Waals surface area contributed by atoms with Crippen LogP contribution in [0.4, 0.5) is 4.79 Å². The monoisotopic (exact) mass is 256 g/mol. The SMILES string of the molecule is CC(CCCO)NC(=O)NCCc1cccs1. The predicted molar refractivity (Wildman–Crippen MR) is 70.3 cm³/mol. The van der Waals surface area contributed by atoms with Crippen molar-refractivity contribution in [2.24, 2.45) is 0 Å². The summed E-state index contributed by atoms with van der Waals surface area (Å²) < 4.78 is 0. The molecular weight excluding hydrogens is 236 g/mol. The molecule has 96 valence electrons. The summed E-state index contributed by atoms with van der Waals surface area (Å²) >= 11 is 1.70. The Bertz CT molecular complexity index is 314. The van der Waals surface area contributed by atoms with E-state index in [1.54, 1.807) is 11.3 Å². The van der Waals surface area contributed by atoms with Crippen molar-refractivity contribution in [1.29, 1.82) is 0 Å². The van der Waals surface area contributed by atoms with Gasteiger partial charge in [-0.05, 0) is 37.6 Å². The van der Waals surface area contributed by atoms with Crippen molar-refractivity contribution in [3.8, 4) is 0 Å². The summed E-state index contributed by atoms with van der Waals surface area (Å²) in [5.41, 5.74) is 0. The van der Waals surface area contributed by atoms with E-state index in [-0.39, 0.29) is 18.7 Å². The molecule has 0 saturated heterocycles. The fraction of sp³-hybridized carbons (Fsp3) is 0.583. The van der Waals surface area contributed by atoms with Crippen LogP contribution in [0.3, 0.4) is 0 Å². The largest absolute Gasteiger partial charge is 0.396 e. The van der Waals surface area contributed by atoms with Crippen LogP contribution in [0.5, 0.6) is 0 Å². The van der Waals surface area contributed by atoms with E-state index in [2.05, 4.69) is 16.7 Å². The van der Waals surface area contributed by atoms with Gasteiger partial charge in [0.15, 0.2) is 0 Å². The van der Waals surface area contributed by atoms with Gasteiger partial charge < -0.3 is 15.7 Å². The van der Waals surface area contributed by atoms with Crippen LogP contribution in [0.15, 0.2) is 17.5 Å². The molecule has 1 unspecified atom stereocenters. The number of carbonyl (C=O) groups is 1. The van der Waals surface area contributed by atoms with Crippen molar-refractivity contribution in [2.45, 2.75) is 32.2 Å². The molecule has 1 aromatic heterocycles. The second-order valence-corrected chi connectivity index (χ2v) is 5.03. The minimum atomic E-state index is -0.132. The van der Waals surface area contributed by atoms with Gasteiger partial charge in [-0.1, -0.05) is 6.07 Å². The fourth-order valence-corrected chi connectivity index (χ4v) is 2.21. The third-order valence-corrected chi connectivity index (χ3v) is 3.35. The quantitative estimate of drug-likeness (QED) is 0.696. The highest BCUT2D eigenvalue weighted by molar-refractivity contribution is 7.09. The van der Waals surface area contributed by atoms with E-state index in [1.165, 1.54) is 4.88 Å². The average Bonchev–Trinajstić information content (AvgIpc) is 2.79. The molecule has 1 heterocycles. The summed E-state index contributed by atoms with van der Waals surface area (Å²) in [6.45, 7) is 2.76. The van der Waals surface area contributed by atoms with Crippen LogP contribution in [0.25, 0.3) is 0 Å². The number of carbonyl (C=O) groups excluding carboxylic acids is 1. The Morgan fingerprint density at radius 2 is 2.41 bits per heavy atom. The Morgan fingerprint density at radius 1 is 1.59 bits per heavy atom. The Morgan fingerprint density at radius 3 is 3.06 bits per heavy atom. The zero-order chi connectivity index (χ0) is 12.5. The Kier molecular flexibility index (Phi) is 6.65. The first kappa shape index (κ1) is 14.0. The van der Waals surface area contributed by atoms with Crippen molar-refractivity contribution >= 4 is 17.4 Å². The lowest BCUT2D eigenvalue weighted by molar-refractivity contribution is 0.234. The summed E-state index contributed by atoms with van der Waals surface area (Å²) in [7, 11) is 0. The zero-order valence-electron chi connectivity index (χ0n) is 10.1. The molecule has 0 aliphatic heterocycles. The van der Waals surface area contributed by atoms with E-state index in [0.717, 1.165) is 19.3 Å². The fourth-order valence-electron chi connectivity index (χ4n) is 1.50. The van der Waals surface area contributed by atoms with Crippen molar-refractivity contribution < 1.29 is 9.90 Å². The van der Waals surface area contributed by atoms with E-state index in [1.807, 2.05) is 18.4 Å². The van der Waals surface area contributed by atoms with Gasteiger partial charge in [0.1, 0.15) is 0 Å². The molecule has 17 heavy (non-hydrogen) atoms. The molecule has 0 radical (unpaired) electrons. The number of hydrogen-bond acceptors (Lipinski definition) is 3. The molecule has 1 aromatic rings. The number of urea groups is 1. The minimum Gasteiger partial charge on any atom is -0.396 e. The zero-order valence-corrected chi connectivity index (χ0v) is 10.9. The van der Waals surface area contributed by atoms with E-state index >= 15 is 0 Å². The molecule has 1 atom stereocenters. The summed E-state index contributed by atoms with van der Waals surface area (Å²) in [5, 5.41) is 16.4. The molecule has 0 saturated carbocycles. The van der Waals surface area contributed by atoms with Crippen molar-refractivity contribution in [2.75, 3.05) is 13.2 Å². The summed E-state index contributed by atoms with van der Waals surface area (Å²) in [4.78, 5) is 12.7. The predicted octanol–water partition coefficient (Wildman–Crippen LogP) is 1.75. The third kappa shape index (κ3) is 6.28. The summed E-state index contributed by atoms with van der Waals surface area (Å²) in [6.07, 6.45) is 2.39. The van der Waals surface area contributed by atoms with Crippen LogP contribution in [0.1, 0.15) is 24.6 Å². The van der Waals surface area contributed by atoms with Crippen LogP contribution in [-0.4, -0.2) is 30.3 Å². The normalized spacial score (nSPS) is 12.1. The first-order valence-corrected chi connectivity index (χ1v) is 6.78. The van der Waals surface area contributed by atoms with E-state index in [4.69, 9.17) is 5.11 Å². The number of rotatable bonds is 7. The molecule has 1 rings (SSSR count). The maximum absolute atomic E-state index is 11.5. The molecule has 0 fully saturated rings. The van der Waals surface area contributed by atoms with Gasteiger partial charge in [0.2, 0.25) is 0 Å². The number of aliphatic hydroxyl groups is 1. The summed E-state index contributed by atoms with van der Waals surface area (Å²) in [6, 6.07) is 4.04. The van der Waals surface area contributed by atoms with Crippen molar-refractivity contribution in [1.82, 2.24) is 10.6 Å². The van der Waals surface area contributed by atoms with Gasteiger partial charge >= 0.3 is 6.03 Å². The highest BCUT2D eigenvalue weighted by Gasteiger charge is 2.05. The number of hydrogen-bond donors (Lipinski definition) is 3. The number of aliphatic hydroxyl groups excluding tert-OH is 1. The lowest BCUT2D eigenvalue weighted by Crippen LogP contribution is -2.41. The lowest BCUT2D eigenvalue weighted by Gasteiger charge is -2.13. The van der Waals surface area contributed by atoms with E-state index in [9.17, 15) is 4.79 Å². The van der Waals surface area contributed by atoms with Crippen molar-refractivity contribution in [3.05, 3.63) is 22.4 Å². The minimum absolute atomic E-state index is 0.101. The Labute approximate surface area is 106 Å². The molecular formula is C12H20N2O2S. The lowest BCUT2D eigenvalue weighted by atomic mass is 10.2. The molecule has 0 aliphatic carbocycles. The number of thiophene rings is 1. The highest BCUT2D eigenvalue weighted by atomic mass is 32.1. The van der Waals surface area contributed by atoms with Crippen molar-refractivity contribution in [3.63, 3.8) is 0 Å². The van der Waals surface area contributed by atoms with Crippen LogP contribution < -0.4 is 10.6 Å². The second kappa shape index (κ2) is 8.08. The van der Waals surface area contributed by atoms with Gasteiger partial charge in [0.25, 0.3) is 0 Å². The number of nitrogens with one attached hydrogen (secondary N) is 2. The van der Waals surface area contributed by atoms with Crippen LogP contribution >= 0.6 is 11.3 Å². The van der Waals surface area contributed by atoms with E-state index in [0.29, 0.717) is 6.54 Å². The molecule has 0 bridgehead atoms. The Hall–Kier alpha value is -1.07. The van der Waals surface area contributed by atoms with Gasteiger partial charge in [0.05, 0.1) is 0 Å².